The largest absolute Gasteiger partial charge is 0.435 e. The molecule has 11 heteroatoms. The number of nitrogens with zero attached hydrogens (tertiary/aromatic N) is 4. The fraction of sp³-hybridized carbons (Fsp3) is 0.333. The number of hydrogen-bond donors (Lipinski definition) is 2. The zero-order valence-electron chi connectivity index (χ0n) is 15.3. The van der Waals surface area contributed by atoms with Gasteiger partial charge in [0.2, 0.25) is 5.56 Å². The van der Waals surface area contributed by atoms with Crippen molar-refractivity contribution in [3.05, 3.63) is 63.6 Å². The molecule has 3 heterocycles. The molecule has 1 aliphatic carbocycles. The summed E-state index contributed by atoms with van der Waals surface area (Å²) in [5, 5.41) is 10.7. The molecule has 1 amide bonds. The number of nitrogens with one attached hydrogen (secondary N) is 2. The molecule has 0 aliphatic heterocycles. The Balaban J connectivity index is 1.59. The van der Waals surface area contributed by atoms with Gasteiger partial charge < -0.3 is 10.3 Å². The molecule has 0 unspecified atom stereocenters. The van der Waals surface area contributed by atoms with Gasteiger partial charge in [0, 0.05) is 37.1 Å². The van der Waals surface area contributed by atoms with Crippen molar-refractivity contribution < 1.29 is 18.0 Å². The molecule has 0 saturated carbocycles. The maximum absolute atomic E-state index is 12.8. The number of pyridine rings is 1. The first kappa shape index (κ1) is 19.0. The number of fused-ring (bicyclic) bond motifs is 1. The number of hydrogen-bond acceptors (Lipinski definition) is 4. The van der Waals surface area contributed by atoms with Gasteiger partial charge in [-0.3, -0.25) is 14.3 Å². The van der Waals surface area contributed by atoms with Crippen LogP contribution in [0.3, 0.4) is 0 Å². The van der Waals surface area contributed by atoms with Crippen LogP contribution < -0.4 is 10.9 Å². The lowest BCUT2D eigenvalue weighted by atomic mass is 9.93. The Hall–Kier alpha value is -3.37. The summed E-state index contributed by atoms with van der Waals surface area (Å²) in [6.45, 7) is 0. The second-order valence-electron chi connectivity index (χ2n) is 6.84. The minimum absolute atomic E-state index is 0.169. The summed E-state index contributed by atoms with van der Waals surface area (Å²) < 4.78 is 41.1. The van der Waals surface area contributed by atoms with Crippen LogP contribution in [0.25, 0.3) is 5.69 Å². The van der Waals surface area contributed by atoms with E-state index in [0.29, 0.717) is 12.1 Å². The lowest BCUT2D eigenvalue weighted by Gasteiger charge is -2.22. The van der Waals surface area contributed by atoms with Gasteiger partial charge in [0.25, 0.3) is 5.91 Å². The number of aromatic nitrogens is 5. The van der Waals surface area contributed by atoms with Crippen molar-refractivity contribution in [2.75, 3.05) is 0 Å². The van der Waals surface area contributed by atoms with Crippen molar-refractivity contribution in [3.63, 3.8) is 0 Å². The predicted molar refractivity (Wildman–Crippen MR) is 95.5 cm³/mol. The minimum Gasteiger partial charge on any atom is -0.344 e. The molecule has 8 nitrogen and oxygen atoms in total. The van der Waals surface area contributed by atoms with E-state index in [9.17, 15) is 22.8 Å². The second kappa shape index (κ2) is 6.90. The number of aryl methyl sites for hydroxylation is 2. The maximum Gasteiger partial charge on any atom is 0.435 e. The van der Waals surface area contributed by atoms with Crippen LogP contribution in [-0.4, -0.2) is 30.5 Å². The van der Waals surface area contributed by atoms with Crippen LogP contribution >= 0.6 is 0 Å². The van der Waals surface area contributed by atoms with Crippen molar-refractivity contribution in [2.24, 2.45) is 7.05 Å². The Morgan fingerprint density at radius 1 is 1.31 bits per heavy atom. The summed E-state index contributed by atoms with van der Waals surface area (Å²) in [4.78, 5) is 26.4. The SMILES string of the molecule is Cn1nc(C(F)(F)F)cc1C(=O)N[C@H]1CCCc2nn(-c3ccc(=O)[nH]c3)cc21. The summed E-state index contributed by atoms with van der Waals surface area (Å²) in [7, 11) is 1.30. The standard InChI is InChI=1S/C18H17F3N6O2/c1-26-14(7-15(25-26)18(19,20)21)17(29)23-12-3-2-4-13-11(12)9-27(24-13)10-5-6-16(28)22-8-10/h5-9,12H,2-4H2,1H3,(H,22,28)(H,23,29)/t12-/m0/s1. The highest BCUT2D eigenvalue weighted by Gasteiger charge is 2.36. The van der Waals surface area contributed by atoms with E-state index >= 15 is 0 Å². The number of aromatic amines is 1. The molecule has 0 saturated heterocycles. The first-order chi connectivity index (χ1) is 13.7. The summed E-state index contributed by atoms with van der Waals surface area (Å²) in [6.07, 6.45) is 0.814. The molecule has 0 fully saturated rings. The maximum atomic E-state index is 12.8. The highest BCUT2D eigenvalue weighted by atomic mass is 19.4. The fourth-order valence-corrected chi connectivity index (χ4v) is 3.41. The molecule has 3 aromatic heterocycles. The third kappa shape index (κ3) is 3.67. The Kier molecular flexibility index (Phi) is 4.52. The van der Waals surface area contributed by atoms with Crippen LogP contribution in [0.4, 0.5) is 13.2 Å². The van der Waals surface area contributed by atoms with E-state index in [-0.39, 0.29) is 17.3 Å². The number of rotatable bonds is 3. The van der Waals surface area contributed by atoms with E-state index in [1.54, 1.807) is 16.9 Å². The zero-order chi connectivity index (χ0) is 20.8. The number of carbonyl (C=O) groups is 1. The molecule has 0 spiro atoms. The van der Waals surface area contributed by atoms with Crippen LogP contribution in [0, 0.1) is 0 Å². The summed E-state index contributed by atoms with van der Waals surface area (Å²) in [6, 6.07) is 3.37. The molecule has 1 atom stereocenters. The smallest absolute Gasteiger partial charge is 0.344 e. The average Bonchev–Trinajstić information content (AvgIpc) is 3.26. The molecule has 29 heavy (non-hydrogen) atoms. The molecule has 4 rings (SSSR count). The van der Waals surface area contributed by atoms with E-state index < -0.39 is 17.8 Å². The third-order valence-electron chi connectivity index (χ3n) is 4.85. The fourth-order valence-electron chi connectivity index (χ4n) is 3.41. The number of H-pyrrole nitrogens is 1. The second-order valence-corrected chi connectivity index (χ2v) is 6.84. The van der Waals surface area contributed by atoms with E-state index in [0.717, 1.165) is 34.8 Å². The van der Waals surface area contributed by atoms with Crippen LogP contribution in [0.2, 0.25) is 0 Å². The first-order valence-electron chi connectivity index (χ1n) is 8.92. The molecule has 1 aliphatic rings. The van der Waals surface area contributed by atoms with Crippen molar-refractivity contribution in [1.29, 1.82) is 0 Å². The third-order valence-corrected chi connectivity index (χ3v) is 4.85. The van der Waals surface area contributed by atoms with Crippen molar-refractivity contribution >= 4 is 5.91 Å². The predicted octanol–water partition coefficient (Wildman–Crippen LogP) is 2.12. The van der Waals surface area contributed by atoms with Gasteiger partial charge in [-0.25, -0.2) is 4.68 Å². The topological polar surface area (TPSA) is 97.6 Å². The quantitative estimate of drug-likeness (QED) is 0.696. The van der Waals surface area contributed by atoms with Gasteiger partial charge in [-0.05, 0) is 25.3 Å². The normalized spacial score (nSPS) is 16.5. The van der Waals surface area contributed by atoms with E-state index in [4.69, 9.17) is 0 Å². The van der Waals surface area contributed by atoms with Crippen LogP contribution in [0.1, 0.15) is 46.3 Å². The minimum atomic E-state index is -4.62. The lowest BCUT2D eigenvalue weighted by molar-refractivity contribution is -0.141. The van der Waals surface area contributed by atoms with Gasteiger partial charge >= 0.3 is 6.18 Å². The van der Waals surface area contributed by atoms with Crippen molar-refractivity contribution in [2.45, 2.75) is 31.5 Å². The van der Waals surface area contributed by atoms with Crippen LogP contribution in [0.5, 0.6) is 0 Å². The Bertz CT molecular complexity index is 1110. The average molecular weight is 406 g/mol. The lowest BCUT2D eigenvalue weighted by Crippen LogP contribution is -2.31. The van der Waals surface area contributed by atoms with Gasteiger partial charge in [-0.1, -0.05) is 0 Å². The Morgan fingerprint density at radius 2 is 2.10 bits per heavy atom. The van der Waals surface area contributed by atoms with Gasteiger partial charge in [-0.2, -0.15) is 23.4 Å². The summed E-state index contributed by atoms with van der Waals surface area (Å²) >= 11 is 0. The number of halogens is 3. The van der Waals surface area contributed by atoms with E-state index in [2.05, 4.69) is 20.5 Å². The molecule has 0 radical (unpaired) electrons. The summed E-state index contributed by atoms with van der Waals surface area (Å²) in [5.41, 5.74) is 0.747. The number of alkyl halides is 3. The van der Waals surface area contributed by atoms with Gasteiger partial charge in [0.15, 0.2) is 5.69 Å². The van der Waals surface area contributed by atoms with Gasteiger partial charge in [0.05, 0.1) is 17.4 Å². The monoisotopic (exact) mass is 406 g/mol. The van der Waals surface area contributed by atoms with Gasteiger partial charge in [0.1, 0.15) is 5.69 Å². The molecule has 3 aromatic rings. The number of amides is 1. The molecule has 2 N–H and O–H groups in total. The zero-order valence-corrected chi connectivity index (χ0v) is 15.3. The van der Waals surface area contributed by atoms with E-state index in [1.807, 2.05) is 0 Å². The Labute approximate surface area is 162 Å². The highest BCUT2D eigenvalue weighted by Crippen LogP contribution is 2.31. The Morgan fingerprint density at radius 3 is 2.76 bits per heavy atom. The first-order valence-corrected chi connectivity index (χ1v) is 8.92. The summed E-state index contributed by atoms with van der Waals surface area (Å²) in [5.74, 6) is -0.634. The van der Waals surface area contributed by atoms with Crippen molar-refractivity contribution in [3.8, 4) is 5.69 Å². The molecular weight excluding hydrogens is 389 g/mol. The molecule has 152 valence electrons. The molecule has 0 bridgehead atoms. The molecule has 0 aromatic carbocycles. The highest BCUT2D eigenvalue weighted by molar-refractivity contribution is 5.93. The number of carbonyl (C=O) groups excluding carboxylic acids is 1. The van der Waals surface area contributed by atoms with Crippen LogP contribution in [-0.2, 0) is 19.6 Å². The van der Waals surface area contributed by atoms with Crippen molar-refractivity contribution in [1.82, 2.24) is 29.9 Å². The van der Waals surface area contributed by atoms with Gasteiger partial charge in [-0.15, -0.1) is 0 Å². The van der Waals surface area contributed by atoms with Crippen LogP contribution in [0.15, 0.2) is 35.4 Å². The van der Waals surface area contributed by atoms with E-state index in [1.165, 1.54) is 19.3 Å². The molecular formula is C18H17F3N6O2.